The standard InChI is InChI=1S/C15H14Cl2N2O/c1-9-3-2-4-11(7-9)19-14(15(18)20)10-5-6-12(16)13(17)8-10/h2-8,14,19H,1H3,(H2,18,20). The summed E-state index contributed by atoms with van der Waals surface area (Å²) in [6, 6.07) is 12.1. The second-order valence-electron chi connectivity index (χ2n) is 4.52. The number of carbonyl (C=O) groups excluding carboxylic acids is 1. The molecule has 0 aromatic heterocycles. The maximum atomic E-state index is 11.7. The lowest BCUT2D eigenvalue weighted by atomic mass is 10.1. The van der Waals surface area contributed by atoms with Crippen LogP contribution in [-0.2, 0) is 4.79 Å². The lowest BCUT2D eigenvalue weighted by molar-refractivity contribution is -0.118. The fourth-order valence-electron chi connectivity index (χ4n) is 1.91. The normalized spacial score (nSPS) is 11.9. The van der Waals surface area contributed by atoms with E-state index in [0.29, 0.717) is 15.6 Å². The van der Waals surface area contributed by atoms with Crippen LogP contribution in [0.4, 0.5) is 5.69 Å². The molecule has 20 heavy (non-hydrogen) atoms. The second kappa shape index (κ2) is 6.16. The predicted molar refractivity (Wildman–Crippen MR) is 83.2 cm³/mol. The zero-order chi connectivity index (χ0) is 14.7. The lowest BCUT2D eigenvalue weighted by Crippen LogP contribution is -2.27. The van der Waals surface area contributed by atoms with Gasteiger partial charge in [0.25, 0.3) is 0 Å². The zero-order valence-corrected chi connectivity index (χ0v) is 12.4. The maximum absolute atomic E-state index is 11.7. The third-order valence-electron chi connectivity index (χ3n) is 2.89. The maximum Gasteiger partial charge on any atom is 0.244 e. The molecule has 0 saturated carbocycles. The number of hydrogen-bond donors (Lipinski definition) is 2. The number of benzene rings is 2. The number of carbonyl (C=O) groups is 1. The first kappa shape index (κ1) is 14.7. The van der Waals surface area contributed by atoms with Crippen molar-refractivity contribution in [2.24, 2.45) is 5.73 Å². The van der Waals surface area contributed by atoms with Gasteiger partial charge in [0.15, 0.2) is 0 Å². The Morgan fingerprint density at radius 1 is 1.15 bits per heavy atom. The largest absolute Gasteiger partial charge is 0.370 e. The molecule has 2 aromatic rings. The number of anilines is 1. The number of hydrogen-bond acceptors (Lipinski definition) is 2. The summed E-state index contributed by atoms with van der Waals surface area (Å²) in [5.74, 6) is -0.482. The van der Waals surface area contributed by atoms with E-state index in [4.69, 9.17) is 28.9 Å². The Hall–Kier alpha value is -1.71. The highest BCUT2D eigenvalue weighted by atomic mass is 35.5. The third-order valence-corrected chi connectivity index (χ3v) is 3.63. The Labute approximate surface area is 127 Å². The minimum Gasteiger partial charge on any atom is -0.370 e. The zero-order valence-electron chi connectivity index (χ0n) is 10.9. The molecular formula is C15H14Cl2N2O. The summed E-state index contributed by atoms with van der Waals surface area (Å²) in [5, 5.41) is 3.94. The van der Waals surface area contributed by atoms with Crippen LogP contribution >= 0.6 is 23.2 Å². The fourth-order valence-corrected chi connectivity index (χ4v) is 2.22. The molecule has 0 aliphatic rings. The summed E-state index contributed by atoms with van der Waals surface area (Å²) in [4.78, 5) is 11.7. The molecule has 3 nitrogen and oxygen atoms in total. The van der Waals surface area contributed by atoms with Gasteiger partial charge in [-0.2, -0.15) is 0 Å². The monoisotopic (exact) mass is 308 g/mol. The predicted octanol–water partition coefficient (Wildman–Crippen LogP) is 3.94. The Balaban J connectivity index is 2.32. The van der Waals surface area contributed by atoms with Gasteiger partial charge in [0.1, 0.15) is 6.04 Å². The molecule has 2 aromatic carbocycles. The number of aryl methyl sites for hydroxylation is 1. The van der Waals surface area contributed by atoms with E-state index in [-0.39, 0.29) is 0 Å². The summed E-state index contributed by atoms with van der Waals surface area (Å²) in [7, 11) is 0. The third kappa shape index (κ3) is 3.44. The molecule has 1 amide bonds. The summed E-state index contributed by atoms with van der Waals surface area (Å²) in [5.41, 5.74) is 8.05. The van der Waals surface area contributed by atoms with Gasteiger partial charge in [-0.25, -0.2) is 0 Å². The number of nitrogens with two attached hydrogens (primary N) is 1. The highest BCUT2D eigenvalue weighted by Crippen LogP contribution is 2.27. The molecule has 5 heteroatoms. The van der Waals surface area contributed by atoms with Crippen LogP contribution in [0.2, 0.25) is 10.0 Å². The molecule has 0 fully saturated rings. The van der Waals surface area contributed by atoms with Gasteiger partial charge in [-0.15, -0.1) is 0 Å². The molecule has 0 bridgehead atoms. The van der Waals surface area contributed by atoms with E-state index in [1.54, 1.807) is 18.2 Å². The van der Waals surface area contributed by atoms with E-state index in [1.165, 1.54) is 0 Å². The van der Waals surface area contributed by atoms with Gasteiger partial charge in [0.05, 0.1) is 10.0 Å². The van der Waals surface area contributed by atoms with E-state index in [2.05, 4.69) is 5.32 Å². The molecule has 0 radical (unpaired) electrons. The molecule has 1 atom stereocenters. The van der Waals surface area contributed by atoms with Gasteiger partial charge in [0.2, 0.25) is 5.91 Å². The summed E-state index contributed by atoms with van der Waals surface area (Å²) >= 11 is 11.9. The first-order chi connectivity index (χ1) is 9.47. The minimum absolute atomic E-state index is 0.390. The van der Waals surface area contributed by atoms with Gasteiger partial charge in [0, 0.05) is 5.69 Å². The summed E-state index contributed by atoms with van der Waals surface area (Å²) in [6.07, 6.45) is 0. The Morgan fingerprint density at radius 2 is 1.90 bits per heavy atom. The fraction of sp³-hybridized carbons (Fsp3) is 0.133. The van der Waals surface area contributed by atoms with Crippen molar-refractivity contribution in [2.75, 3.05) is 5.32 Å². The van der Waals surface area contributed by atoms with Crippen molar-refractivity contribution in [3.63, 3.8) is 0 Å². The van der Waals surface area contributed by atoms with Gasteiger partial charge >= 0.3 is 0 Å². The number of amides is 1. The highest BCUT2D eigenvalue weighted by Gasteiger charge is 2.18. The average Bonchev–Trinajstić information content (AvgIpc) is 2.39. The molecule has 2 rings (SSSR count). The number of halogens is 2. The molecule has 3 N–H and O–H groups in total. The van der Waals surface area contributed by atoms with Crippen molar-refractivity contribution in [2.45, 2.75) is 13.0 Å². The molecular weight excluding hydrogens is 295 g/mol. The van der Waals surface area contributed by atoms with Crippen LogP contribution in [0.5, 0.6) is 0 Å². The van der Waals surface area contributed by atoms with Crippen LogP contribution in [0, 0.1) is 6.92 Å². The number of rotatable bonds is 4. The molecule has 0 saturated heterocycles. The van der Waals surface area contributed by atoms with Crippen LogP contribution in [-0.4, -0.2) is 5.91 Å². The van der Waals surface area contributed by atoms with Crippen LogP contribution in [0.25, 0.3) is 0 Å². The van der Waals surface area contributed by atoms with Crippen LogP contribution in [0.1, 0.15) is 17.2 Å². The van der Waals surface area contributed by atoms with Crippen LogP contribution < -0.4 is 11.1 Å². The first-order valence-corrected chi connectivity index (χ1v) is 6.80. The van der Waals surface area contributed by atoms with Crippen molar-refractivity contribution < 1.29 is 4.79 Å². The Kier molecular flexibility index (Phi) is 4.53. The van der Waals surface area contributed by atoms with Crippen molar-refractivity contribution in [3.05, 3.63) is 63.6 Å². The van der Waals surface area contributed by atoms with Gasteiger partial charge < -0.3 is 11.1 Å². The molecule has 104 valence electrons. The molecule has 0 heterocycles. The van der Waals surface area contributed by atoms with E-state index < -0.39 is 11.9 Å². The summed E-state index contributed by atoms with van der Waals surface area (Å²) in [6.45, 7) is 1.98. The quantitative estimate of drug-likeness (QED) is 0.899. The molecule has 1 unspecified atom stereocenters. The SMILES string of the molecule is Cc1cccc(NC(C(N)=O)c2ccc(Cl)c(Cl)c2)c1. The van der Waals surface area contributed by atoms with E-state index in [1.807, 2.05) is 31.2 Å². The van der Waals surface area contributed by atoms with E-state index in [9.17, 15) is 4.79 Å². The molecule has 0 aliphatic carbocycles. The van der Waals surface area contributed by atoms with Gasteiger partial charge in [-0.3, -0.25) is 4.79 Å². The minimum atomic E-state index is -0.661. The number of primary amides is 1. The Morgan fingerprint density at radius 3 is 2.50 bits per heavy atom. The van der Waals surface area contributed by atoms with Gasteiger partial charge in [-0.05, 0) is 42.3 Å². The molecule has 0 aliphatic heterocycles. The van der Waals surface area contributed by atoms with Crippen molar-refractivity contribution in [1.82, 2.24) is 0 Å². The first-order valence-electron chi connectivity index (χ1n) is 6.05. The van der Waals surface area contributed by atoms with Crippen LogP contribution in [0.15, 0.2) is 42.5 Å². The lowest BCUT2D eigenvalue weighted by Gasteiger charge is -2.18. The van der Waals surface area contributed by atoms with Crippen molar-refractivity contribution in [3.8, 4) is 0 Å². The van der Waals surface area contributed by atoms with Crippen molar-refractivity contribution in [1.29, 1.82) is 0 Å². The highest BCUT2D eigenvalue weighted by molar-refractivity contribution is 6.42. The van der Waals surface area contributed by atoms with Gasteiger partial charge in [-0.1, -0.05) is 41.4 Å². The van der Waals surface area contributed by atoms with Crippen molar-refractivity contribution >= 4 is 34.8 Å². The average molecular weight is 309 g/mol. The topological polar surface area (TPSA) is 55.1 Å². The smallest absolute Gasteiger partial charge is 0.244 e. The molecule has 0 spiro atoms. The Bertz CT molecular complexity index is 644. The summed E-state index contributed by atoms with van der Waals surface area (Å²) < 4.78 is 0. The number of nitrogens with one attached hydrogen (secondary N) is 1. The second-order valence-corrected chi connectivity index (χ2v) is 5.34. The van der Waals surface area contributed by atoms with E-state index >= 15 is 0 Å². The van der Waals surface area contributed by atoms with E-state index in [0.717, 1.165) is 11.3 Å². The van der Waals surface area contributed by atoms with Crippen LogP contribution in [0.3, 0.4) is 0 Å².